The third-order valence-electron chi connectivity index (χ3n) is 3.05. The van der Waals surface area contributed by atoms with E-state index in [-0.39, 0.29) is 11.3 Å². The molecule has 2 aromatic carbocycles. The van der Waals surface area contributed by atoms with Crippen molar-refractivity contribution < 1.29 is 23.6 Å². The number of nitro groups is 1. The number of hydrogen-bond donors (Lipinski definition) is 2. The second kappa shape index (κ2) is 7.18. The van der Waals surface area contributed by atoms with Crippen LogP contribution in [0.1, 0.15) is 5.56 Å². The molecule has 2 aromatic rings. The van der Waals surface area contributed by atoms with E-state index in [0.717, 1.165) is 30.3 Å². The van der Waals surface area contributed by atoms with E-state index in [1.54, 1.807) is 6.07 Å². The molecule has 0 aromatic heterocycles. The van der Waals surface area contributed by atoms with E-state index in [4.69, 9.17) is 5.26 Å². The van der Waals surface area contributed by atoms with Gasteiger partial charge >= 0.3 is 5.69 Å². The predicted molar refractivity (Wildman–Crippen MR) is 83.3 cm³/mol. The summed E-state index contributed by atoms with van der Waals surface area (Å²) in [6, 6.07) is 7.33. The van der Waals surface area contributed by atoms with Crippen LogP contribution in [0.5, 0.6) is 5.75 Å². The zero-order chi connectivity index (χ0) is 18.6. The molecule has 0 fully saturated rings. The number of nitro benzene ring substituents is 1. The molecule has 126 valence electrons. The van der Waals surface area contributed by atoms with Crippen LogP contribution in [0.4, 0.5) is 20.2 Å². The minimum Gasteiger partial charge on any atom is -0.502 e. The lowest BCUT2D eigenvalue weighted by Gasteiger charge is -2.05. The van der Waals surface area contributed by atoms with Gasteiger partial charge in [0.2, 0.25) is 0 Å². The third kappa shape index (κ3) is 4.14. The van der Waals surface area contributed by atoms with Gasteiger partial charge in [-0.25, -0.2) is 8.78 Å². The molecule has 0 saturated heterocycles. The van der Waals surface area contributed by atoms with Gasteiger partial charge in [0.15, 0.2) is 5.75 Å². The normalized spacial score (nSPS) is 10.8. The predicted octanol–water partition coefficient (Wildman–Crippen LogP) is 3.12. The molecule has 0 saturated carbocycles. The maximum Gasteiger partial charge on any atom is 0.311 e. The largest absolute Gasteiger partial charge is 0.502 e. The average Bonchev–Trinajstić information content (AvgIpc) is 2.56. The van der Waals surface area contributed by atoms with Crippen LogP contribution in [0, 0.1) is 33.1 Å². The van der Waals surface area contributed by atoms with Crippen molar-refractivity contribution in [1.29, 1.82) is 5.26 Å². The highest BCUT2D eigenvalue weighted by Crippen LogP contribution is 2.27. The Labute approximate surface area is 139 Å². The minimum absolute atomic E-state index is 0.107. The number of aromatic hydroxyl groups is 1. The monoisotopic (exact) mass is 345 g/mol. The first-order valence-electron chi connectivity index (χ1n) is 6.67. The van der Waals surface area contributed by atoms with Crippen LogP contribution in [0.2, 0.25) is 0 Å². The molecule has 0 aliphatic heterocycles. The van der Waals surface area contributed by atoms with Crippen LogP contribution < -0.4 is 5.32 Å². The van der Waals surface area contributed by atoms with Gasteiger partial charge in [-0.15, -0.1) is 0 Å². The lowest BCUT2D eigenvalue weighted by Crippen LogP contribution is -2.14. The van der Waals surface area contributed by atoms with Crippen molar-refractivity contribution in [3.05, 3.63) is 69.3 Å². The highest BCUT2D eigenvalue weighted by atomic mass is 19.1. The van der Waals surface area contributed by atoms with Crippen LogP contribution in [-0.2, 0) is 4.79 Å². The number of carbonyl (C=O) groups is 1. The first-order chi connectivity index (χ1) is 11.8. The molecule has 0 unspecified atom stereocenters. The van der Waals surface area contributed by atoms with Gasteiger partial charge in [-0.3, -0.25) is 14.9 Å². The van der Waals surface area contributed by atoms with Crippen LogP contribution in [-0.4, -0.2) is 15.9 Å². The van der Waals surface area contributed by atoms with Gasteiger partial charge in [-0.2, -0.15) is 5.26 Å². The van der Waals surface area contributed by atoms with E-state index in [1.165, 1.54) is 6.07 Å². The second-order valence-corrected chi connectivity index (χ2v) is 4.75. The summed E-state index contributed by atoms with van der Waals surface area (Å²) in [4.78, 5) is 22.0. The van der Waals surface area contributed by atoms with Gasteiger partial charge < -0.3 is 10.4 Å². The molecule has 1 amide bonds. The number of nitrogens with one attached hydrogen (secondary N) is 1. The fourth-order valence-electron chi connectivity index (χ4n) is 1.87. The van der Waals surface area contributed by atoms with E-state index in [1.807, 2.05) is 0 Å². The molecule has 0 atom stereocenters. The average molecular weight is 345 g/mol. The summed E-state index contributed by atoms with van der Waals surface area (Å²) in [6.45, 7) is 0. The number of amides is 1. The second-order valence-electron chi connectivity index (χ2n) is 4.75. The van der Waals surface area contributed by atoms with Crippen molar-refractivity contribution in [2.45, 2.75) is 0 Å². The number of benzene rings is 2. The summed E-state index contributed by atoms with van der Waals surface area (Å²) in [7, 11) is 0. The Morgan fingerprint density at radius 1 is 1.28 bits per heavy atom. The van der Waals surface area contributed by atoms with Gasteiger partial charge in [0.25, 0.3) is 5.91 Å². The first-order valence-corrected chi connectivity index (χ1v) is 6.67. The van der Waals surface area contributed by atoms with E-state index >= 15 is 0 Å². The molecule has 0 bridgehead atoms. The van der Waals surface area contributed by atoms with E-state index in [2.05, 4.69) is 5.32 Å². The molecule has 2 rings (SSSR count). The quantitative estimate of drug-likeness (QED) is 0.382. The summed E-state index contributed by atoms with van der Waals surface area (Å²) in [6.07, 6.45) is 1.03. The zero-order valence-corrected chi connectivity index (χ0v) is 12.4. The molecule has 0 aliphatic rings. The number of nitrogens with zero attached hydrogens (tertiary/aromatic N) is 2. The van der Waals surface area contributed by atoms with Crippen molar-refractivity contribution in [1.82, 2.24) is 0 Å². The SMILES string of the molecule is N#C/C(=C\c1ccc(O)c([N+](=O)[O-])c1)C(=O)Nc1ccc(F)cc1F. The van der Waals surface area contributed by atoms with Gasteiger partial charge in [-0.1, -0.05) is 6.07 Å². The van der Waals surface area contributed by atoms with Crippen molar-refractivity contribution in [3.8, 4) is 11.8 Å². The summed E-state index contributed by atoms with van der Waals surface area (Å²) in [5.41, 5.74) is -1.29. The van der Waals surface area contributed by atoms with Crippen LogP contribution in [0.25, 0.3) is 6.08 Å². The number of halogens is 2. The van der Waals surface area contributed by atoms with Crippen LogP contribution in [0.15, 0.2) is 42.0 Å². The molecule has 0 spiro atoms. The highest BCUT2D eigenvalue weighted by molar-refractivity contribution is 6.09. The molecule has 0 aliphatic carbocycles. The maximum atomic E-state index is 13.5. The van der Waals surface area contributed by atoms with Crippen molar-refractivity contribution in [3.63, 3.8) is 0 Å². The smallest absolute Gasteiger partial charge is 0.311 e. The fourth-order valence-corrected chi connectivity index (χ4v) is 1.87. The van der Waals surface area contributed by atoms with Crippen molar-refractivity contribution in [2.75, 3.05) is 5.32 Å². The Kier molecular flexibility index (Phi) is 5.04. The van der Waals surface area contributed by atoms with E-state index in [9.17, 15) is 28.8 Å². The number of phenolic OH excluding ortho intramolecular Hbond substituents is 1. The van der Waals surface area contributed by atoms with Gasteiger partial charge in [0.1, 0.15) is 23.3 Å². The number of carbonyl (C=O) groups excluding carboxylic acids is 1. The molecule has 0 heterocycles. The summed E-state index contributed by atoms with van der Waals surface area (Å²) in [5.74, 6) is -3.41. The van der Waals surface area contributed by atoms with Gasteiger partial charge in [0.05, 0.1) is 10.6 Å². The number of rotatable bonds is 4. The highest BCUT2D eigenvalue weighted by Gasteiger charge is 2.16. The Hall–Kier alpha value is -3.80. The summed E-state index contributed by atoms with van der Waals surface area (Å²) < 4.78 is 26.4. The topological polar surface area (TPSA) is 116 Å². The first kappa shape index (κ1) is 17.6. The molecule has 7 nitrogen and oxygen atoms in total. The van der Waals surface area contributed by atoms with E-state index in [0.29, 0.717) is 6.07 Å². The Balaban J connectivity index is 2.31. The lowest BCUT2D eigenvalue weighted by atomic mass is 10.1. The Morgan fingerprint density at radius 3 is 2.60 bits per heavy atom. The standard InChI is InChI=1S/C16H9F2N3O4/c17-11-2-3-13(12(18)7-11)20-16(23)10(8-19)5-9-1-4-15(22)14(6-9)21(24)25/h1-7,22H,(H,20,23)/b10-5+. The van der Waals surface area contributed by atoms with Crippen LogP contribution in [0.3, 0.4) is 0 Å². The third-order valence-corrected chi connectivity index (χ3v) is 3.05. The molecular weight excluding hydrogens is 336 g/mol. The molecule has 0 radical (unpaired) electrons. The minimum atomic E-state index is -1.02. The van der Waals surface area contributed by atoms with Gasteiger partial charge in [0, 0.05) is 12.1 Å². The number of hydrogen-bond acceptors (Lipinski definition) is 5. The maximum absolute atomic E-state index is 13.5. The lowest BCUT2D eigenvalue weighted by molar-refractivity contribution is -0.385. The number of nitriles is 1. The number of anilines is 1. The molecule has 2 N–H and O–H groups in total. The number of phenols is 1. The molecule has 9 heteroatoms. The van der Waals surface area contributed by atoms with Crippen LogP contribution >= 0.6 is 0 Å². The summed E-state index contributed by atoms with van der Waals surface area (Å²) in [5, 5.41) is 31.3. The Morgan fingerprint density at radius 2 is 2.00 bits per heavy atom. The van der Waals surface area contributed by atoms with Gasteiger partial charge in [-0.05, 0) is 29.8 Å². The van der Waals surface area contributed by atoms with Crippen molar-refractivity contribution >= 4 is 23.4 Å². The van der Waals surface area contributed by atoms with E-state index < -0.39 is 39.5 Å². The molecule has 25 heavy (non-hydrogen) atoms. The fraction of sp³-hybridized carbons (Fsp3) is 0. The zero-order valence-electron chi connectivity index (χ0n) is 12.4. The van der Waals surface area contributed by atoms with Crippen molar-refractivity contribution in [2.24, 2.45) is 0 Å². The Bertz CT molecular complexity index is 935. The molecular formula is C16H9F2N3O4. The summed E-state index contributed by atoms with van der Waals surface area (Å²) >= 11 is 0.